The second-order valence-electron chi connectivity index (χ2n) is 4.95. The normalized spacial score (nSPS) is 21.3. The molecule has 0 radical (unpaired) electrons. The standard InChI is InChI=1S/C8H10O4.C5H12O4/c9-7(10)5-3-1-2-4-6(5)8(11)12;6-1-5(2-7,3-8)4-9/h1,3,5-6H,2,4H2,(H,9,10)(H,11,12);6-9H,1-4H2. The van der Waals surface area contributed by atoms with Gasteiger partial charge in [-0.05, 0) is 12.8 Å². The summed E-state index contributed by atoms with van der Waals surface area (Å²) in [5.74, 6) is -3.69. The molecule has 0 saturated carbocycles. The molecule has 1 rings (SSSR count). The molecule has 0 aliphatic heterocycles. The van der Waals surface area contributed by atoms with Gasteiger partial charge in [-0.1, -0.05) is 12.2 Å². The van der Waals surface area contributed by atoms with Crippen molar-refractivity contribution in [1.29, 1.82) is 0 Å². The van der Waals surface area contributed by atoms with Crippen molar-refractivity contribution in [2.24, 2.45) is 17.3 Å². The van der Waals surface area contributed by atoms with Gasteiger partial charge in [0, 0.05) is 0 Å². The molecule has 0 saturated heterocycles. The minimum Gasteiger partial charge on any atom is -0.481 e. The third-order valence-corrected chi connectivity index (χ3v) is 3.37. The van der Waals surface area contributed by atoms with Crippen LogP contribution in [0.15, 0.2) is 12.2 Å². The molecule has 0 fully saturated rings. The van der Waals surface area contributed by atoms with Gasteiger partial charge in [0.05, 0.1) is 43.7 Å². The van der Waals surface area contributed by atoms with E-state index in [-0.39, 0.29) is 0 Å². The van der Waals surface area contributed by atoms with E-state index in [0.717, 1.165) is 0 Å². The number of carboxylic acid groups (broad SMARTS) is 2. The predicted octanol–water partition coefficient (Wildman–Crippen LogP) is -1.32. The fourth-order valence-corrected chi connectivity index (χ4v) is 1.66. The molecule has 2 unspecified atom stereocenters. The molecule has 0 aromatic rings. The van der Waals surface area contributed by atoms with Crippen molar-refractivity contribution in [3.8, 4) is 0 Å². The van der Waals surface area contributed by atoms with Crippen molar-refractivity contribution in [3.05, 3.63) is 12.2 Å². The highest BCUT2D eigenvalue weighted by molar-refractivity contribution is 5.81. The van der Waals surface area contributed by atoms with E-state index < -0.39 is 55.6 Å². The van der Waals surface area contributed by atoms with Crippen LogP contribution in [0.2, 0.25) is 0 Å². The van der Waals surface area contributed by atoms with Crippen molar-refractivity contribution in [1.82, 2.24) is 0 Å². The molecular formula is C13H22O8. The van der Waals surface area contributed by atoms with E-state index >= 15 is 0 Å². The number of aliphatic carboxylic acids is 2. The predicted molar refractivity (Wildman–Crippen MR) is 71.4 cm³/mol. The summed E-state index contributed by atoms with van der Waals surface area (Å²) in [5.41, 5.74) is -1.11. The van der Waals surface area contributed by atoms with E-state index in [1.165, 1.54) is 6.08 Å². The van der Waals surface area contributed by atoms with Gasteiger partial charge in [-0.25, -0.2) is 0 Å². The van der Waals surface area contributed by atoms with Crippen LogP contribution in [-0.2, 0) is 9.59 Å². The fourth-order valence-electron chi connectivity index (χ4n) is 1.66. The lowest BCUT2D eigenvalue weighted by Gasteiger charge is -2.23. The minimum atomic E-state index is -1.11. The SMILES string of the molecule is O=C(O)C1C=CCCC1C(=O)O.OCC(CO)(CO)CO. The maximum absolute atomic E-state index is 10.6. The molecule has 8 nitrogen and oxygen atoms in total. The van der Waals surface area contributed by atoms with Gasteiger partial charge in [0.2, 0.25) is 0 Å². The summed E-state index contributed by atoms with van der Waals surface area (Å²) in [6.07, 6.45) is 4.26. The van der Waals surface area contributed by atoms with Crippen molar-refractivity contribution < 1.29 is 40.2 Å². The quantitative estimate of drug-likeness (QED) is 0.330. The molecule has 122 valence electrons. The van der Waals surface area contributed by atoms with Gasteiger partial charge in [0.25, 0.3) is 0 Å². The van der Waals surface area contributed by atoms with E-state index in [2.05, 4.69) is 0 Å². The molecule has 1 aliphatic rings. The van der Waals surface area contributed by atoms with Crippen molar-refractivity contribution in [2.45, 2.75) is 12.8 Å². The van der Waals surface area contributed by atoms with Crippen LogP contribution in [0.5, 0.6) is 0 Å². The van der Waals surface area contributed by atoms with Crippen molar-refractivity contribution in [3.63, 3.8) is 0 Å². The Balaban J connectivity index is 0.000000400. The van der Waals surface area contributed by atoms with E-state index in [1.54, 1.807) is 6.08 Å². The van der Waals surface area contributed by atoms with Crippen LogP contribution in [-0.4, -0.2) is 69.0 Å². The van der Waals surface area contributed by atoms with Crippen LogP contribution >= 0.6 is 0 Å². The van der Waals surface area contributed by atoms with Crippen molar-refractivity contribution in [2.75, 3.05) is 26.4 Å². The monoisotopic (exact) mass is 306 g/mol. The van der Waals surface area contributed by atoms with E-state index in [0.29, 0.717) is 12.8 Å². The van der Waals surface area contributed by atoms with Gasteiger partial charge in [-0.2, -0.15) is 0 Å². The van der Waals surface area contributed by atoms with Crippen LogP contribution in [0.4, 0.5) is 0 Å². The van der Waals surface area contributed by atoms with Crippen LogP contribution < -0.4 is 0 Å². The van der Waals surface area contributed by atoms with Crippen molar-refractivity contribution >= 4 is 11.9 Å². The Bertz CT molecular complexity index is 344. The Kier molecular flexibility index (Phi) is 8.79. The summed E-state index contributed by atoms with van der Waals surface area (Å²) in [6, 6.07) is 0. The maximum Gasteiger partial charge on any atom is 0.311 e. The first-order chi connectivity index (χ1) is 9.87. The first-order valence-electron chi connectivity index (χ1n) is 6.43. The van der Waals surface area contributed by atoms with E-state index in [4.69, 9.17) is 30.6 Å². The molecule has 0 aromatic carbocycles. The molecular weight excluding hydrogens is 284 g/mol. The Labute approximate surface area is 122 Å². The number of allylic oxidation sites excluding steroid dienone is 1. The third kappa shape index (κ3) is 5.80. The van der Waals surface area contributed by atoms with Gasteiger partial charge < -0.3 is 30.6 Å². The molecule has 0 aromatic heterocycles. The first kappa shape index (κ1) is 19.5. The molecule has 0 heterocycles. The average molecular weight is 306 g/mol. The first-order valence-corrected chi connectivity index (χ1v) is 6.43. The molecule has 0 spiro atoms. The summed E-state index contributed by atoms with van der Waals surface area (Å²) >= 11 is 0. The zero-order chi connectivity index (χ0) is 16.5. The number of hydrogen-bond donors (Lipinski definition) is 6. The molecule has 21 heavy (non-hydrogen) atoms. The number of rotatable bonds is 6. The molecule has 8 heteroatoms. The maximum atomic E-state index is 10.6. The van der Waals surface area contributed by atoms with Gasteiger partial charge in [0.1, 0.15) is 0 Å². The zero-order valence-corrected chi connectivity index (χ0v) is 11.6. The highest BCUT2D eigenvalue weighted by Gasteiger charge is 2.32. The smallest absolute Gasteiger partial charge is 0.311 e. The zero-order valence-electron chi connectivity index (χ0n) is 11.6. The highest BCUT2D eigenvalue weighted by Crippen LogP contribution is 2.24. The number of carboxylic acids is 2. The van der Waals surface area contributed by atoms with Gasteiger partial charge >= 0.3 is 11.9 Å². The van der Waals surface area contributed by atoms with Gasteiger partial charge in [-0.15, -0.1) is 0 Å². The summed E-state index contributed by atoms with van der Waals surface area (Å²) in [4.78, 5) is 21.1. The number of aliphatic hydroxyl groups is 4. The third-order valence-electron chi connectivity index (χ3n) is 3.37. The number of hydrogen-bond acceptors (Lipinski definition) is 6. The Morgan fingerprint density at radius 2 is 1.43 bits per heavy atom. The van der Waals surface area contributed by atoms with Gasteiger partial charge in [-0.3, -0.25) is 9.59 Å². The number of aliphatic hydroxyl groups excluding tert-OH is 4. The second kappa shape index (κ2) is 9.46. The summed E-state index contributed by atoms with van der Waals surface area (Å²) in [6.45, 7) is -1.62. The lowest BCUT2D eigenvalue weighted by atomic mass is 9.84. The second-order valence-corrected chi connectivity index (χ2v) is 4.95. The minimum absolute atomic E-state index is 0.406. The van der Waals surface area contributed by atoms with Crippen LogP contribution in [0, 0.1) is 17.3 Å². The van der Waals surface area contributed by atoms with Crippen LogP contribution in [0.3, 0.4) is 0 Å². The molecule has 6 N–H and O–H groups in total. The largest absolute Gasteiger partial charge is 0.481 e. The highest BCUT2D eigenvalue weighted by atomic mass is 16.4. The Morgan fingerprint density at radius 1 is 0.952 bits per heavy atom. The Morgan fingerprint density at radius 3 is 1.67 bits per heavy atom. The molecule has 1 aliphatic carbocycles. The summed E-state index contributed by atoms with van der Waals surface area (Å²) in [5, 5.41) is 51.3. The summed E-state index contributed by atoms with van der Waals surface area (Å²) < 4.78 is 0. The summed E-state index contributed by atoms with van der Waals surface area (Å²) in [7, 11) is 0. The fraction of sp³-hybridized carbons (Fsp3) is 0.692. The molecule has 0 amide bonds. The lowest BCUT2D eigenvalue weighted by molar-refractivity contribution is -0.152. The van der Waals surface area contributed by atoms with Gasteiger partial charge in [0.15, 0.2) is 0 Å². The number of carbonyl (C=O) groups is 2. The van der Waals surface area contributed by atoms with E-state index in [9.17, 15) is 9.59 Å². The Hall–Kier alpha value is -1.48. The lowest BCUT2D eigenvalue weighted by Crippen LogP contribution is -2.37. The molecule has 0 bridgehead atoms. The van der Waals surface area contributed by atoms with Crippen LogP contribution in [0.1, 0.15) is 12.8 Å². The van der Waals surface area contributed by atoms with E-state index in [1.807, 2.05) is 0 Å². The van der Waals surface area contributed by atoms with Crippen LogP contribution in [0.25, 0.3) is 0 Å². The average Bonchev–Trinajstić information content (AvgIpc) is 2.50. The topological polar surface area (TPSA) is 156 Å². The molecule has 2 atom stereocenters.